The lowest BCUT2D eigenvalue weighted by Crippen LogP contribution is -2.74. The van der Waals surface area contributed by atoms with Crippen LogP contribution >= 0.6 is 0 Å². The number of carbonyl (C=O) groups excluding carboxylic acids is 3. The van der Waals surface area contributed by atoms with Crippen LogP contribution in [0.3, 0.4) is 0 Å². The number of ketones is 2. The molecular weight excluding hydrogens is 506 g/mol. The Kier molecular flexibility index (Phi) is 5.09. The van der Waals surface area contributed by atoms with Crippen molar-refractivity contribution in [3.8, 4) is 5.75 Å². The van der Waals surface area contributed by atoms with E-state index in [9.17, 15) is 34.8 Å². The summed E-state index contributed by atoms with van der Waals surface area (Å²) < 4.78 is 5.34. The van der Waals surface area contributed by atoms with E-state index < -0.39 is 58.0 Å². The van der Waals surface area contributed by atoms with Gasteiger partial charge in [0.2, 0.25) is 5.78 Å². The number of benzene rings is 1. The molecule has 1 amide bonds. The zero-order chi connectivity index (χ0) is 27.4. The fraction of sp³-hybridized carbons (Fsp3) is 0.536. The number of likely N-dealkylation sites (tertiary alicyclic amines) is 1. The van der Waals surface area contributed by atoms with E-state index in [4.69, 9.17) is 10.5 Å². The van der Waals surface area contributed by atoms with E-state index in [2.05, 4.69) is 4.90 Å². The van der Waals surface area contributed by atoms with Gasteiger partial charge in [-0.2, -0.15) is 0 Å². The van der Waals surface area contributed by atoms with Crippen LogP contribution < -0.4 is 10.6 Å². The lowest BCUT2D eigenvalue weighted by Gasteiger charge is -2.60. The molecule has 1 aromatic carbocycles. The number of nitrogens with two attached hydrogens (primary N) is 1. The van der Waals surface area contributed by atoms with Crippen LogP contribution in [0, 0.1) is 17.3 Å². The van der Waals surface area contributed by atoms with Gasteiger partial charge in [0.05, 0.1) is 24.8 Å². The standard InChI is InChI=1S/C28H31N3O8/c29-26(37)20-23(34)21(31-9-27(10-31)11-39-12-27)15-8-13-7-14-16(30-5-1-2-6-30)3-4-17(32)19(14)22(33)18(13)24(35)28(15,38)25(20)36/h3-4,13,15,21,32-33,36,38H,1-2,5-12H2,(H2,29,37). The number of ether oxygens (including phenoxy) is 1. The highest BCUT2D eigenvalue weighted by atomic mass is 16.5. The summed E-state index contributed by atoms with van der Waals surface area (Å²) in [6.45, 7) is 3.75. The minimum absolute atomic E-state index is 0.0948. The van der Waals surface area contributed by atoms with Crippen molar-refractivity contribution in [2.75, 3.05) is 44.3 Å². The second kappa shape index (κ2) is 8.06. The van der Waals surface area contributed by atoms with Crippen molar-refractivity contribution >= 4 is 28.9 Å². The highest BCUT2D eigenvalue weighted by molar-refractivity contribution is 6.24. The summed E-state index contributed by atoms with van der Waals surface area (Å²) in [6.07, 6.45) is 2.46. The zero-order valence-electron chi connectivity index (χ0n) is 21.4. The highest BCUT2D eigenvalue weighted by Gasteiger charge is 2.66. The van der Waals surface area contributed by atoms with Crippen molar-refractivity contribution in [1.29, 1.82) is 0 Å². The molecule has 3 heterocycles. The molecular formula is C28H31N3O8. The lowest BCUT2D eigenvalue weighted by atomic mass is 9.56. The molecule has 0 bridgehead atoms. The predicted molar refractivity (Wildman–Crippen MR) is 137 cm³/mol. The molecule has 7 rings (SSSR count). The molecule has 3 aliphatic carbocycles. The molecule has 0 aromatic heterocycles. The van der Waals surface area contributed by atoms with Gasteiger partial charge in [-0.15, -0.1) is 0 Å². The van der Waals surface area contributed by atoms with Gasteiger partial charge in [0, 0.05) is 48.8 Å². The molecule has 6 N–H and O–H groups in total. The number of amides is 1. The van der Waals surface area contributed by atoms with Gasteiger partial charge in [0.1, 0.15) is 22.8 Å². The Morgan fingerprint density at radius 3 is 2.38 bits per heavy atom. The van der Waals surface area contributed by atoms with Crippen LogP contribution in [0.4, 0.5) is 5.69 Å². The van der Waals surface area contributed by atoms with Crippen LogP contribution in [0.1, 0.15) is 30.4 Å². The number of anilines is 1. The first-order valence-electron chi connectivity index (χ1n) is 13.5. The normalized spacial score (nSPS) is 33.5. The molecule has 0 radical (unpaired) electrons. The molecule has 4 unspecified atom stereocenters. The van der Waals surface area contributed by atoms with Crippen molar-refractivity contribution in [2.45, 2.75) is 37.3 Å². The van der Waals surface area contributed by atoms with Crippen molar-refractivity contribution in [3.63, 3.8) is 0 Å². The van der Waals surface area contributed by atoms with Crippen molar-refractivity contribution < 1.29 is 39.5 Å². The van der Waals surface area contributed by atoms with Crippen molar-refractivity contribution in [3.05, 3.63) is 40.2 Å². The third-order valence-corrected chi connectivity index (χ3v) is 9.76. The molecule has 6 aliphatic rings. The summed E-state index contributed by atoms with van der Waals surface area (Å²) in [5, 5.41) is 45.2. The first-order chi connectivity index (χ1) is 18.6. The highest BCUT2D eigenvalue weighted by Crippen LogP contribution is 2.55. The van der Waals surface area contributed by atoms with Gasteiger partial charge in [-0.1, -0.05) is 0 Å². The van der Waals surface area contributed by atoms with Crippen LogP contribution in [-0.2, 0) is 25.5 Å². The second-order valence-electron chi connectivity index (χ2n) is 12.0. The Bertz CT molecular complexity index is 1400. The Morgan fingerprint density at radius 1 is 1.08 bits per heavy atom. The summed E-state index contributed by atoms with van der Waals surface area (Å²) in [7, 11) is 0. The quantitative estimate of drug-likeness (QED) is 0.338. The van der Waals surface area contributed by atoms with Crippen LogP contribution in [-0.4, -0.2) is 93.8 Å². The largest absolute Gasteiger partial charge is 0.508 e. The first-order valence-corrected chi connectivity index (χ1v) is 13.5. The number of carbonyl (C=O) groups is 3. The van der Waals surface area contributed by atoms with E-state index in [0.29, 0.717) is 38.3 Å². The van der Waals surface area contributed by atoms with Crippen LogP contribution in [0.25, 0.3) is 5.76 Å². The molecule has 3 saturated heterocycles. The van der Waals surface area contributed by atoms with E-state index in [1.54, 1.807) is 0 Å². The van der Waals surface area contributed by atoms with E-state index in [1.165, 1.54) is 6.07 Å². The molecule has 1 saturated carbocycles. The number of fused-ring (bicyclic) bond motifs is 3. The van der Waals surface area contributed by atoms with E-state index in [1.807, 2.05) is 11.0 Å². The molecule has 11 heteroatoms. The maximum Gasteiger partial charge on any atom is 0.255 e. The molecule has 4 fully saturated rings. The summed E-state index contributed by atoms with van der Waals surface area (Å²) >= 11 is 0. The number of primary amides is 1. The van der Waals surface area contributed by atoms with Crippen molar-refractivity contribution in [1.82, 2.24) is 4.90 Å². The molecule has 39 heavy (non-hydrogen) atoms. The fourth-order valence-electron chi connectivity index (χ4n) is 7.89. The number of hydrogen-bond acceptors (Lipinski definition) is 10. The third-order valence-electron chi connectivity index (χ3n) is 9.76. The SMILES string of the molecule is NC(=O)C1=C(O)C2(O)C(=O)C3=C(O)c4c(O)ccc(N5CCCC5)c4CC3CC2C(N2CC3(COC3)C2)C1=O. The summed E-state index contributed by atoms with van der Waals surface area (Å²) in [5.74, 6) is -6.25. The second-order valence-corrected chi connectivity index (χ2v) is 12.0. The summed E-state index contributed by atoms with van der Waals surface area (Å²) in [5.41, 5.74) is 3.57. The van der Waals surface area contributed by atoms with Gasteiger partial charge < -0.3 is 35.8 Å². The number of hydrogen-bond donors (Lipinski definition) is 5. The minimum Gasteiger partial charge on any atom is -0.508 e. The monoisotopic (exact) mass is 537 g/mol. The third kappa shape index (κ3) is 3.12. The van der Waals surface area contributed by atoms with Crippen molar-refractivity contribution in [2.24, 2.45) is 23.0 Å². The smallest absolute Gasteiger partial charge is 0.255 e. The predicted octanol–water partition coefficient (Wildman–Crippen LogP) is 0.335. The summed E-state index contributed by atoms with van der Waals surface area (Å²) in [4.78, 5) is 44.0. The zero-order valence-corrected chi connectivity index (χ0v) is 21.4. The van der Waals surface area contributed by atoms with Gasteiger partial charge in [0.15, 0.2) is 11.4 Å². The average Bonchev–Trinajstić information content (AvgIpc) is 3.36. The number of phenolic OH excluding ortho intramolecular Hbond substituents is 1. The van der Waals surface area contributed by atoms with Gasteiger partial charge in [-0.05, 0) is 49.3 Å². The molecule has 11 nitrogen and oxygen atoms in total. The van der Waals surface area contributed by atoms with Gasteiger partial charge in [0.25, 0.3) is 5.91 Å². The maximum absolute atomic E-state index is 14.1. The molecule has 4 atom stereocenters. The Morgan fingerprint density at radius 2 is 1.77 bits per heavy atom. The van der Waals surface area contributed by atoms with Crippen LogP contribution in [0.5, 0.6) is 5.75 Å². The molecule has 1 spiro atoms. The first kappa shape index (κ1) is 24.6. The average molecular weight is 538 g/mol. The van der Waals surface area contributed by atoms with Crippen LogP contribution in [0.2, 0.25) is 0 Å². The Balaban J connectivity index is 1.36. The number of aliphatic hydroxyl groups excluding tert-OH is 2. The number of phenols is 1. The number of Topliss-reactive ketones (excluding diaryl/α,β-unsaturated/α-hetero) is 2. The number of aromatic hydroxyl groups is 1. The fourth-order valence-corrected chi connectivity index (χ4v) is 7.89. The minimum atomic E-state index is -2.62. The summed E-state index contributed by atoms with van der Waals surface area (Å²) in [6, 6.07) is 2.26. The number of rotatable bonds is 3. The lowest BCUT2D eigenvalue weighted by molar-refractivity contribution is -0.211. The molecule has 1 aromatic rings. The van der Waals surface area contributed by atoms with Gasteiger partial charge in [-0.25, -0.2) is 0 Å². The number of nitrogens with zero attached hydrogens (tertiary/aromatic N) is 2. The van der Waals surface area contributed by atoms with Gasteiger partial charge in [-0.3, -0.25) is 19.3 Å². The van der Waals surface area contributed by atoms with E-state index in [0.717, 1.165) is 31.6 Å². The molecule has 3 aliphatic heterocycles. The topological polar surface area (TPSA) is 174 Å². The van der Waals surface area contributed by atoms with E-state index in [-0.39, 0.29) is 28.7 Å². The van der Waals surface area contributed by atoms with Crippen LogP contribution in [0.15, 0.2) is 29.0 Å². The van der Waals surface area contributed by atoms with Gasteiger partial charge >= 0.3 is 0 Å². The molecule has 206 valence electrons. The maximum atomic E-state index is 14.1. The number of aliphatic hydroxyl groups is 3. The van der Waals surface area contributed by atoms with E-state index >= 15 is 0 Å². The Hall–Kier alpha value is -3.41. The Labute approximate surface area is 224 Å².